The minimum atomic E-state index is 0.789. The molecule has 1 heterocycles. The fourth-order valence-electron chi connectivity index (χ4n) is 6.36. The monoisotopic (exact) mass is 575 g/mol. The van der Waals surface area contributed by atoms with Crippen LogP contribution in [0.3, 0.4) is 0 Å². The predicted molar refractivity (Wildman–Crippen MR) is 189 cm³/mol. The van der Waals surface area contributed by atoms with E-state index in [1.165, 1.54) is 6.21 Å². The van der Waals surface area contributed by atoms with Gasteiger partial charge in [0.05, 0.1) is 0 Å². The summed E-state index contributed by atoms with van der Waals surface area (Å²) >= 11 is 0. The van der Waals surface area contributed by atoms with Gasteiger partial charge in [0.25, 0.3) is 0 Å². The molecule has 212 valence electrons. The SMILES string of the molecule is N=Cc1ccc(-c2cc(-c3ccccc3)cc(-c3ccccc3)c2)c2oc3c(-c4ccccc4)cc(-c4ccccc4)cc3c12. The molecule has 45 heavy (non-hydrogen) atoms. The Morgan fingerprint density at radius 3 is 1.36 bits per heavy atom. The van der Waals surface area contributed by atoms with E-state index in [2.05, 4.69) is 133 Å². The van der Waals surface area contributed by atoms with E-state index >= 15 is 0 Å². The highest BCUT2D eigenvalue weighted by Gasteiger charge is 2.20. The molecule has 0 bridgehead atoms. The third-order valence-corrected chi connectivity index (χ3v) is 8.56. The third-order valence-electron chi connectivity index (χ3n) is 8.56. The molecule has 0 aliphatic carbocycles. The fourth-order valence-corrected chi connectivity index (χ4v) is 6.36. The van der Waals surface area contributed by atoms with Crippen molar-refractivity contribution >= 4 is 28.2 Å². The molecule has 0 unspecified atom stereocenters. The van der Waals surface area contributed by atoms with Crippen LogP contribution in [0.15, 0.2) is 168 Å². The average molecular weight is 576 g/mol. The van der Waals surface area contributed by atoms with Crippen molar-refractivity contribution < 1.29 is 4.42 Å². The van der Waals surface area contributed by atoms with Crippen LogP contribution in [-0.4, -0.2) is 6.21 Å². The topological polar surface area (TPSA) is 37.0 Å². The van der Waals surface area contributed by atoms with E-state index in [0.29, 0.717) is 0 Å². The first-order valence-corrected chi connectivity index (χ1v) is 15.2. The largest absolute Gasteiger partial charge is 0.455 e. The molecule has 2 nitrogen and oxygen atoms in total. The van der Waals surface area contributed by atoms with Crippen LogP contribution in [0.2, 0.25) is 0 Å². The second-order valence-electron chi connectivity index (χ2n) is 11.3. The minimum absolute atomic E-state index is 0.789. The maximum absolute atomic E-state index is 8.38. The fraction of sp³-hybridized carbons (Fsp3) is 0. The van der Waals surface area contributed by atoms with E-state index < -0.39 is 0 Å². The molecule has 0 radical (unpaired) electrons. The zero-order valence-corrected chi connectivity index (χ0v) is 24.6. The van der Waals surface area contributed by atoms with Crippen molar-refractivity contribution in [1.82, 2.24) is 0 Å². The molecule has 0 aliphatic heterocycles. The van der Waals surface area contributed by atoms with Gasteiger partial charge in [0.2, 0.25) is 0 Å². The maximum Gasteiger partial charge on any atom is 0.143 e. The summed E-state index contributed by atoms with van der Waals surface area (Å²) in [7, 11) is 0. The van der Waals surface area contributed by atoms with E-state index in [1.807, 2.05) is 30.3 Å². The number of rotatable bonds is 6. The minimum Gasteiger partial charge on any atom is -0.455 e. The molecule has 0 saturated carbocycles. The Hall–Kier alpha value is -5.99. The number of nitrogens with one attached hydrogen (secondary N) is 1. The van der Waals surface area contributed by atoms with Crippen LogP contribution in [-0.2, 0) is 0 Å². The van der Waals surface area contributed by atoms with Crippen molar-refractivity contribution in [3.05, 3.63) is 169 Å². The van der Waals surface area contributed by atoms with E-state index in [4.69, 9.17) is 9.83 Å². The number of furan rings is 1. The van der Waals surface area contributed by atoms with Crippen LogP contribution in [0.25, 0.3) is 77.6 Å². The lowest BCUT2D eigenvalue weighted by Gasteiger charge is -2.12. The van der Waals surface area contributed by atoms with Crippen molar-refractivity contribution in [2.75, 3.05) is 0 Å². The molecular weight excluding hydrogens is 546 g/mol. The molecule has 7 aromatic carbocycles. The standard InChI is InChI=1S/C43H29NO/c44-28-33-21-22-38(37-24-34(29-13-5-1-6-14-29)23-35(25-37)30-15-7-2-8-16-30)43-41(33)40-27-36(31-17-9-3-10-18-31)26-39(42(40)45-43)32-19-11-4-12-20-32/h1-28,44H. The van der Waals surface area contributed by atoms with Crippen LogP contribution < -0.4 is 0 Å². The molecule has 0 amide bonds. The number of benzene rings is 7. The normalized spacial score (nSPS) is 11.2. The highest BCUT2D eigenvalue weighted by atomic mass is 16.3. The zero-order chi connectivity index (χ0) is 30.2. The predicted octanol–water partition coefficient (Wildman–Crippen LogP) is 11.9. The van der Waals surface area contributed by atoms with Gasteiger partial charge in [-0.25, -0.2) is 0 Å². The summed E-state index contributed by atoms with van der Waals surface area (Å²) in [4.78, 5) is 0. The van der Waals surface area contributed by atoms with Crippen LogP contribution in [0, 0.1) is 5.41 Å². The van der Waals surface area contributed by atoms with Gasteiger partial charge in [0, 0.05) is 33.7 Å². The summed E-state index contributed by atoms with van der Waals surface area (Å²) in [6, 6.07) is 57.3. The lowest BCUT2D eigenvalue weighted by Crippen LogP contribution is -1.89. The quantitative estimate of drug-likeness (QED) is 0.197. The molecule has 0 spiro atoms. The lowest BCUT2D eigenvalue weighted by molar-refractivity contribution is 0.671. The Morgan fingerprint density at radius 1 is 0.378 bits per heavy atom. The summed E-state index contributed by atoms with van der Waals surface area (Å²) in [6.07, 6.45) is 1.44. The Bertz CT molecular complexity index is 2240. The molecule has 8 rings (SSSR count). The van der Waals surface area contributed by atoms with Crippen molar-refractivity contribution in [3.8, 4) is 55.6 Å². The molecule has 1 N–H and O–H groups in total. The number of hydrogen-bond donors (Lipinski definition) is 1. The van der Waals surface area contributed by atoms with Gasteiger partial charge in [-0.2, -0.15) is 0 Å². The summed E-state index contributed by atoms with van der Waals surface area (Å²) in [5.74, 6) is 0. The van der Waals surface area contributed by atoms with Crippen molar-refractivity contribution in [2.24, 2.45) is 0 Å². The van der Waals surface area contributed by atoms with Gasteiger partial charge in [-0.1, -0.05) is 127 Å². The highest BCUT2D eigenvalue weighted by Crippen LogP contribution is 2.44. The van der Waals surface area contributed by atoms with Gasteiger partial charge >= 0.3 is 0 Å². The van der Waals surface area contributed by atoms with Gasteiger partial charge in [-0.05, 0) is 80.9 Å². The van der Waals surface area contributed by atoms with Gasteiger partial charge < -0.3 is 9.83 Å². The highest BCUT2D eigenvalue weighted by molar-refractivity contribution is 6.19. The summed E-state index contributed by atoms with van der Waals surface area (Å²) < 4.78 is 6.94. The van der Waals surface area contributed by atoms with Crippen LogP contribution in [0.4, 0.5) is 0 Å². The molecule has 0 fully saturated rings. The van der Waals surface area contributed by atoms with E-state index in [1.54, 1.807) is 0 Å². The lowest BCUT2D eigenvalue weighted by atomic mass is 9.91. The van der Waals surface area contributed by atoms with Gasteiger partial charge in [-0.15, -0.1) is 0 Å². The first-order valence-electron chi connectivity index (χ1n) is 15.2. The summed E-state index contributed by atoms with van der Waals surface area (Å²) in [6.45, 7) is 0. The molecule has 0 saturated heterocycles. The van der Waals surface area contributed by atoms with E-state index in [0.717, 1.165) is 83.1 Å². The molecule has 1 aromatic heterocycles. The summed E-state index contributed by atoms with van der Waals surface area (Å²) in [5, 5.41) is 10.3. The van der Waals surface area contributed by atoms with Gasteiger partial charge in [-0.3, -0.25) is 0 Å². The molecule has 2 heteroatoms. The Labute approximate surface area is 262 Å². The van der Waals surface area contributed by atoms with Gasteiger partial charge in [0.1, 0.15) is 11.2 Å². The Balaban J connectivity index is 1.44. The first kappa shape index (κ1) is 26.6. The first-order chi connectivity index (χ1) is 22.3. The second kappa shape index (κ2) is 11.3. The molecular formula is C43H29NO. The molecule has 8 aromatic rings. The molecule has 0 aliphatic rings. The Kier molecular flexibility index (Phi) is 6.66. The average Bonchev–Trinajstić information content (AvgIpc) is 3.52. The van der Waals surface area contributed by atoms with Crippen LogP contribution >= 0.6 is 0 Å². The smallest absolute Gasteiger partial charge is 0.143 e. The zero-order valence-electron chi connectivity index (χ0n) is 24.6. The number of fused-ring (bicyclic) bond motifs is 3. The Morgan fingerprint density at radius 2 is 0.844 bits per heavy atom. The van der Waals surface area contributed by atoms with Crippen LogP contribution in [0.1, 0.15) is 5.56 Å². The molecule has 0 atom stereocenters. The van der Waals surface area contributed by atoms with Crippen LogP contribution in [0.5, 0.6) is 0 Å². The number of hydrogen-bond acceptors (Lipinski definition) is 2. The van der Waals surface area contributed by atoms with Crippen molar-refractivity contribution in [1.29, 1.82) is 5.41 Å². The second-order valence-corrected chi connectivity index (χ2v) is 11.3. The van der Waals surface area contributed by atoms with E-state index in [-0.39, 0.29) is 0 Å². The maximum atomic E-state index is 8.38. The van der Waals surface area contributed by atoms with Crippen molar-refractivity contribution in [2.45, 2.75) is 0 Å². The van der Waals surface area contributed by atoms with Crippen molar-refractivity contribution in [3.63, 3.8) is 0 Å². The van der Waals surface area contributed by atoms with E-state index in [9.17, 15) is 0 Å². The van der Waals surface area contributed by atoms with Gasteiger partial charge in [0.15, 0.2) is 0 Å². The third kappa shape index (κ3) is 4.83. The summed E-state index contributed by atoms with van der Waals surface area (Å²) in [5.41, 5.74) is 13.5.